The maximum atomic E-state index is 10.4. The summed E-state index contributed by atoms with van der Waals surface area (Å²) in [7, 11) is 0. The molecule has 0 saturated carbocycles. The molecule has 76 valence electrons. The molecule has 14 heavy (non-hydrogen) atoms. The standard InChI is InChI=1S/C9H11NO4/c1-6(9(12)13)14-8-3-2-7(5-11)10-4-8/h2-4,6,11H,5H2,1H3,(H,12,13). The highest BCUT2D eigenvalue weighted by Crippen LogP contribution is 2.11. The lowest BCUT2D eigenvalue weighted by Gasteiger charge is -2.09. The van der Waals surface area contributed by atoms with Crippen molar-refractivity contribution in [2.45, 2.75) is 19.6 Å². The number of nitrogens with zero attached hydrogens (tertiary/aromatic N) is 1. The van der Waals surface area contributed by atoms with Gasteiger partial charge in [0.2, 0.25) is 0 Å². The summed E-state index contributed by atoms with van der Waals surface area (Å²) < 4.78 is 5.03. The number of rotatable bonds is 4. The average Bonchev–Trinajstić information content (AvgIpc) is 2.19. The zero-order chi connectivity index (χ0) is 10.6. The van der Waals surface area contributed by atoms with E-state index in [9.17, 15) is 4.79 Å². The lowest BCUT2D eigenvalue weighted by molar-refractivity contribution is -0.144. The van der Waals surface area contributed by atoms with Gasteiger partial charge in [0.1, 0.15) is 5.75 Å². The van der Waals surface area contributed by atoms with Crippen molar-refractivity contribution in [2.75, 3.05) is 0 Å². The van der Waals surface area contributed by atoms with Gasteiger partial charge < -0.3 is 14.9 Å². The molecular formula is C9H11NO4. The van der Waals surface area contributed by atoms with Crippen molar-refractivity contribution in [1.29, 1.82) is 0 Å². The third-order valence-corrected chi connectivity index (χ3v) is 1.62. The smallest absolute Gasteiger partial charge is 0.344 e. The maximum Gasteiger partial charge on any atom is 0.344 e. The van der Waals surface area contributed by atoms with E-state index in [1.807, 2.05) is 0 Å². The van der Waals surface area contributed by atoms with Crippen molar-refractivity contribution in [1.82, 2.24) is 4.98 Å². The number of aromatic nitrogens is 1. The van der Waals surface area contributed by atoms with Crippen LogP contribution in [0.2, 0.25) is 0 Å². The number of pyridine rings is 1. The Hall–Kier alpha value is -1.62. The second kappa shape index (κ2) is 4.57. The number of hydrogen-bond acceptors (Lipinski definition) is 4. The third kappa shape index (κ3) is 2.70. The molecule has 0 aliphatic rings. The van der Waals surface area contributed by atoms with E-state index in [0.717, 1.165) is 0 Å². The molecule has 0 bridgehead atoms. The lowest BCUT2D eigenvalue weighted by Crippen LogP contribution is -2.22. The fourth-order valence-corrected chi connectivity index (χ4v) is 0.829. The summed E-state index contributed by atoms with van der Waals surface area (Å²) in [5.74, 6) is -0.659. The second-order valence-corrected chi connectivity index (χ2v) is 2.74. The second-order valence-electron chi connectivity index (χ2n) is 2.74. The molecule has 1 unspecified atom stereocenters. The zero-order valence-corrected chi connectivity index (χ0v) is 7.67. The number of carboxylic acids is 1. The molecular weight excluding hydrogens is 186 g/mol. The SMILES string of the molecule is CC(Oc1ccc(CO)nc1)C(=O)O. The van der Waals surface area contributed by atoms with E-state index in [-0.39, 0.29) is 6.61 Å². The first-order valence-electron chi connectivity index (χ1n) is 4.08. The molecule has 0 amide bonds. The van der Waals surface area contributed by atoms with Crippen LogP contribution in [0.25, 0.3) is 0 Å². The number of hydrogen-bond donors (Lipinski definition) is 2. The summed E-state index contributed by atoms with van der Waals surface area (Å²) >= 11 is 0. The molecule has 5 heteroatoms. The normalized spacial score (nSPS) is 12.1. The quantitative estimate of drug-likeness (QED) is 0.731. The fourth-order valence-electron chi connectivity index (χ4n) is 0.829. The third-order valence-electron chi connectivity index (χ3n) is 1.62. The zero-order valence-electron chi connectivity index (χ0n) is 7.67. The van der Waals surface area contributed by atoms with Gasteiger partial charge in [-0.2, -0.15) is 0 Å². The molecule has 0 aliphatic heterocycles. The van der Waals surface area contributed by atoms with E-state index in [1.165, 1.54) is 13.1 Å². The van der Waals surface area contributed by atoms with Crippen LogP contribution in [0, 0.1) is 0 Å². The summed E-state index contributed by atoms with van der Waals surface area (Å²) in [6, 6.07) is 3.14. The Kier molecular flexibility index (Phi) is 3.41. The largest absolute Gasteiger partial charge is 0.479 e. The Bertz CT molecular complexity index is 309. The minimum Gasteiger partial charge on any atom is -0.479 e. The van der Waals surface area contributed by atoms with Gasteiger partial charge >= 0.3 is 5.97 Å². The lowest BCUT2D eigenvalue weighted by atomic mass is 10.3. The first-order valence-corrected chi connectivity index (χ1v) is 4.08. The highest BCUT2D eigenvalue weighted by molar-refractivity contribution is 5.72. The number of aliphatic hydroxyl groups excluding tert-OH is 1. The van der Waals surface area contributed by atoms with Crippen molar-refractivity contribution in [3.63, 3.8) is 0 Å². The monoisotopic (exact) mass is 197 g/mol. The van der Waals surface area contributed by atoms with Gasteiger partial charge in [-0.05, 0) is 19.1 Å². The summed E-state index contributed by atoms with van der Waals surface area (Å²) in [4.78, 5) is 14.3. The first-order chi connectivity index (χ1) is 6.63. The van der Waals surface area contributed by atoms with Crippen molar-refractivity contribution in [3.8, 4) is 5.75 Å². The predicted molar refractivity (Wildman–Crippen MR) is 47.9 cm³/mol. The summed E-state index contributed by atoms with van der Waals surface area (Å²) in [6.07, 6.45) is 0.474. The topological polar surface area (TPSA) is 79.7 Å². The van der Waals surface area contributed by atoms with Crippen LogP contribution in [-0.2, 0) is 11.4 Å². The number of carbonyl (C=O) groups is 1. The van der Waals surface area contributed by atoms with Gasteiger partial charge in [0, 0.05) is 0 Å². The van der Waals surface area contributed by atoms with Crippen LogP contribution in [0.1, 0.15) is 12.6 Å². The van der Waals surface area contributed by atoms with E-state index in [2.05, 4.69) is 4.98 Å². The van der Waals surface area contributed by atoms with Crippen LogP contribution in [0.5, 0.6) is 5.75 Å². The van der Waals surface area contributed by atoms with E-state index >= 15 is 0 Å². The van der Waals surface area contributed by atoms with Crippen molar-refractivity contribution < 1.29 is 19.7 Å². The van der Waals surface area contributed by atoms with E-state index in [4.69, 9.17) is 14.9 Å². The van der Waals surface area contributed by atoms with Gasteiger partial charge in [-0.3, -0.25) is 4.98 Å². The highest BCUT2D eigenvalue weighted by Gasteiger charge is 2.12. The molecule has 1 aromatic heterocycles. The number of aliphatic hydroxyl groups is 1. The molecule has 1 atom stereocenters. The van der Waals surface area contributed by atoms with E-state index < -0.39 is 12.1 Å². The minimum absolute atomic E-state index is 0.144. The number of carboxylic acid groups (broad SMARTS) is 1. The van der Waals surface area contributed by atoms with Gasteiger partial charge in [-0.1, -0.05) is 0 Å². The summed E-state index contributed by atoms with van der Waals surface area (Å²) in [5.41, 5.74) is 0.514. The molecule has 0 radical (unpaired) electrons. The molecule has 0 fully saturated rings. The van der Waals surface area contributed by atoms with Crippen LogP contribution in [0.3, 0.4) is 0 Å². The number of aliphatic carboxylic acids is 1. The molecule has 0 saturated heterocycles. The van der Waals surface area contributed by atoms with Crippen LogP contribution >= 0.6 is 0 Å². The van der Waals surface area contributed by atoms with E-state index in [0.29, 0.717) is 11.4 Å². The van der Waals surface area contributed by atoms with Crippen molar-refractivity contribution in [3.05, 3.63) is 24.0 Å². The van der Waals surface area contributed by atoms with Gasteiger partial charge in [0.25, 0.3) is 0 Å². The Balaban J connectivity index is 2.64. The Labute approximate surface area is 81.0 Å². The van der Waals surface area contributed by atoms with Crippen LogP contribution in [-0.4, -0.2) is 27.3 Å². The molecule has 5 nitrogen and oxygen atoms in total. The van der Waals surface area contributed by atoms with Gasteiger partial charge in [-0.15, -0.1) is 0 Å². The molecule has 1 rings (SSSR count). The van der Waals surface area contributed by atoms with Crippen molar-refractivity contribution >= 4 is 5.97 Å². The van der Waals surface area contributed by atoms with E-state index in [1.54, 1.807) is 12.1 Å². The molecule has 1 aromatic rings. The molecule has 2 N–H and O–H groups in total. The number of ether oxygens (including phenoxy) is 1. The van der Waals surface area contributed by atoms with Crippen LogP contribution in [0.4, 0.5) is 0 Å². The predicted octanol–water partition coefficient (Wildman–Crippen LogP) is 0.426. The Morgan fingerprint density at radius 3 is 2.79 bits per heavy atom. The van der Waals surface area contributed by atoms with Crippen molar-refractivity contribution in [2.24, 2.45) is 0 Å². The Morgan fingerprint density at radius 1 is 1.64 bits per heavy atom. The molecule has 1 heterocycles. The maximum absolute atomic E-state index is 10.4. The van der Waals surface area contributed by atoms with Gasteiger partial charge in [0.15, 0.2) is 6.10 Å². The summed E-state index contributed by atoms with van der Waals surface area (Å²) in [5, 5.41) is 17.3. The highest BCUT2D eigenvalue weighted by atomic mass is 16.5. The average molecular weight is 197 g/mol. The Morgan fingerprint density at radius 2 is 2.36 bits per heavy atom. The minimum atomic E-state index is -1.03. The van der Waals surface area contributed by atoms with Crippen LogP contribution in [0.15, 0.2) is 18.3 Å². The van der Waals surface area contributed by atoms with Gasteiger partial charge in [-0.25, -0.2) is 4.79 Å². The molecule has 0 aliphatic carbocycles. The molecule has 0 spiro atoms. The molecule has 0 aromatic carbocycles. The fraction of sp³-hybridized carbons (Fsp3) is 0.333. The van der Waals surface area contributed by atoms with Crippen LogP contribution < -0.4 is 4.74 Å². The van der Waals surface area contributed by atoms with Gasteiger partial charge in [0.05, 0.1) is 18.5 Å². The first kappa shape index (κ1) is 10.5. The summed E-state index contributed by atoms with van der Waals surface area (Å²) in [6.45, 7) is 1.29.